The zero-order valence-electron chi connectivity index (χ0n) is 9.63. The summed E-state index contributed by atoms with van der Waals surface area (Å²) in [6, 6.07) is 9.06. The molecule has 0 unspecified atom stereocenters. The Morgan fingerprint density at radius 1 is 0.895 bits per heavy atom. The van der Waals surface area contributed by atoms with Gasteiger partial charge in [0, 0.05) is 5.56 Å². The summed E-state index contributed by atoms with van der Waals surface area (Å²) in [5.41, 5.74) is 0.332. The van der Waals surface area contributed by atoms with Crippen LogP contribution in [0, 0.1) is 5.82 Å². The van der Waals surface area contributed by atoms with Crippen LogP contribution in [-0.2, 0) is 0 Å². The lowest BCUT2D eigenvalue weighted by Gasteiger charge is -2.06. The molecule has 0 saturated carbocycles. The fourth-order valence-electron chi connectivity index (χ4n) is 1.70. The van der Waals surface area contributed by atoms with E-state index in [0.717, 1.165) is 12.1 Å². The first-order valence-electron chi connectivity index (χ1n) is 5.35. The molecule has 0 aromatic heterocycles. The average Bonchev–Trinajstić information content (AvgIpc) is 2.39. The molecule has 19 heavy (non-hydrogen) atoms. The fraction of sp³-hybridized carbons (Fsp3) is 0. The van der Waals surface area contributed by atoms with Gasteiger partial charge in [0.25, 0.3) is 0 Å². The number of carbonyl (C=O) groups is 2. The van der Waals surface area contributed by atoms with Crippen LogP contribution in [0.4, 0.5) is 4.39 Å². The highest BCUT2D eigenvalue weighted by molar-refractivity contribution is 5.91. The quantitative estimate of drug-likeness (QED) is 0.889. The van der Waals surface area contributed by atoms with Gasteiger partial charge in [0.15, 0.2) is 0 Å². The number of rotatable bonds is 3. The van der Waals surface area contributed by atoms with E-state index in [0.29, 0.717) is 5.56 Å². The second-order valence-electron chi connectivity index (χ2n) is 3.89. The zero-order chi connectivity index (χ0) is 14.0. The standard InChI is InChI=1S/C14H9FO4/c15-12-5-4-10(14(18)19)7-11(12)8-2-1-3-9(6-8)13(16)17/h1-7H,(H,16,17)(H,18,19). The second kappa shape index (κ2) is 4.89. The molecule has 0 spiro atoms. The Balaban J connectivity index is 2.57. The van der Waals surface area contributed by atoms with E-state index in [1.165, 1.54) is 30.3 Å². The molecule has 0 aliphatic rings. The summed E-state index contributed by atoms with van der Waals surface area (Å²) in [6.07, 6.45) is 0. The van der Waals surface area contributed by atoms with E-state index in [4.69, 9.17) is 10.2 Å². The lowest BCUT2D eigenvalue weighted by atomic mass is 10.0. The highest BCUT2D eigenvalue weighted by Gasteiger charge is 2.11. The monoisotopic (exact) mass is 260 g/mol. The van der Waals surface area contributed by atoms with Gasteiger partial charge >= 0.3 is 11.9 Å². The van der Waals surface area contributed by atoms with Gasteiger partial charge in [-0.15, -0.1) is 0 Å². The smallest absolute Gasteiger partial charge is 0.335 e. The van der Waals surface area contributed by atoms with Crippen LogP contribution >= 0.6 is 0 Å². The van der Waals surface area contributed by atoms with Crippen molar-refractivity contribution in [3.8, 4) is 11.1 Å². The van der Waals surface area contributed by atoms with Gasteiger partial charge in [-0.2, -0.15) is 0 Å². The largest absolute Gasteiger partial charge is 0.478 e. The Morgan fingerprint density at radius 3 is 2.16 bits per heavy atom. The number of carboxylic acids is 2. The molecule has 0 saturated heterocycles. The van der Waals surface area contributed by atoms with Crippen LogP contribution in [0.15, 0.2) is 42.5 Å². The number of hydrogen-bond donors (Lipinski definition) is 2. The molecule has 0 aliphatic heterocycles. The highest BCUT2D eigenvalue weighted by atomic mass is 19.1. The van der Waals surface area contributed by atoms with Crippen LogP contribution in [-0.4, -0.2) is 22.2 Å². The van der Waals surface area contributed by atoms with Crippen LogP contribution in [0.5, 0.6) is 0 Å². The molecule has 0 atom stereocenters. The third-order valence-corrected chi connectivity index (χ3v) is 2.63. The van der Waals surface area contributed by atoms with E-state index >= 15 is 0 Å². The Kier molecular flexibility index (Phi) is 3.29. The Labute approximate surface area is 107 Å². The summed E-state index contributed by atoms with van der Waals surface area (Å²) in [6.45, 7) is 0. The number of halogens is 1. The molecule has 0 radical (unpaired) electrons. The van der Waals surface area contributed by atoms with E-state index < -0.39 is 17.8 Å². The molecule has 0 heterocycles. The maximum Gasteiger partial charge on any atom is 0.335 e. The molecule has 0 aliphatic carbocycles. The fourth-order valence-corrected chi connectivity index (χ4v) is 1.70. The van der Waals surface area contributed by atoms with E-state index in [1.807, 2.05) is 0 Å². The first-order chi connectivity index (χ1) is 8.99. The molecule has 0 bridgehead atoms. The summed E-state index contributed by atoms with van der Waals surface area (Å²) in [4.78, 5) is 21.7. The average molecular weight is 260 g/mol. The summed E-state index contributed by atoms with van der Waals surface area (Å²) in [5, 5.41) is 17.8. The SMILES string of the molecule is O=C(O)c1cccc(-c2cc(C(=O)O)ccc2F)c1. The van der Waals surface area contributed by atoms with E-state index in [2.05, 4.69) is 0 Å². The van der Waals surface area contributed by atoms with E-state index in [1.54, 1.807) is 0 Å². The molecular formula is C14H9FO4. The normalized spacial score (nSPS) is 10.2. The number of carboxylic acid groups (broad SMARTS) is 2. The predicted octanol–water partition coefficient (Wildman–Crippen LogP) is 2.89. The van der Waals surface area contributed by atoms with Crippen LogP contribution in [0.1, 0.15) is 20.7 Å². The van der Waals surface area contributed by atoms with Gasteiger partial charge in [0.2, 0.25) is 0 Å². The molecule has 5 heteroatoms. The number of hydrogen-bond acceptors (Lipinski definition) is 2. The molecule has 4 nitrogen and oxygen atoms in total. The maximum absolute atomic E-state index is 13.7. The topological polar surface area (TPSA) is 74.6 Å². The third-order valence-electron chi connectivity index (χ3n) is 2.63. The first kappa shape index (κ1) is 12.8. The minimum absolute atomic E-state index is 0.0117. The van der Waals surface area contributed by atoms with Crippen molar-refractivity contribution in [1.29, 1.82) is 0 Å². The van der Waals surface area contributed by atoms with Crippen molar-refractivity contribution < 1.29 is 24.2 Å². The van der Waals surface area contributed by atoms with E-state index in [-0.39, 0.29) is 16.7 Å². The van der Waals surface area contributed by atoms with Crippen LogP contribution in [0.2, 0.25) is 0 Å². The summed E-state index contributed by atoms with van der Waals surface area (Å²) in [5.74, 6) is -2.90. The van der Waals surface area contributed by atoms with Gasteiger partial charge in [-0.05, 0) is 35.9 Å². The number of benzene rings is 2. The lowest BCUT2D eigenvalue weighted by Crippen LogP contribution is -1.99. The molecule has 2 aromatic rings. The zero-order valence-corrected chi connectivity index (χ0v) is 9.63. The molecule has 2 rings (SSSR count). The van der Waals surface area contributed by atoms with Crippen molar-refractivity contribution in [2.24, 2.45) is 0 Å². The third kappa shape index (κ3) is 2.60. The lowest BCUT2D eigenvalue weighted by molar-refractivity contribution is 0.0686. The first-order valence-corrected chi connectivity index (χ1v) is 5.35. The van der Waals surface area contributed by atoms with Crippen molar-refractivity contribution >= 4 is 11.9 Å². The van der Waals surface area contributed by atoms with Gasteiger partial charge in [-0.25, -0.2) is 14.0 Å². The highest BCUT2D eigenvalue weighted by Crippen LogP contribution is 2.25. The van der Waals surface area contributed by atoms with Crippen molar-refractivity contribution in [1.82, 2.24) is 0 Å². The van der Waals surface area contributed by atoms with Crippen LogP contribution in [0.25, 0.3) is 11.1 Å². The van der Waals surface area contributed by atoms with Crippen LogP contribution < -0.4 is 0 Å². The van der Waals surface area contributed by atoms with Crippen molar-refractivity contribution in [3.05, 3.63) is 59.4 Å². The molecular weight excluding hydrogens is 251 g/mol. The Bertz CT molecular complexity index is 664. The molecule has 0 amide bonds. The summed E-state index contributed by atoms with van der Waals surface area (Å²) >= 11 is 0. The van der Waals surface area contributed by atoms with Crippen LogP contribution in [0.3, 0.4) is 0 Å². The van der Waals surface area contributed by atoms with Crippen molar-refractivity contribution in [2.45, 2.75) is 0 Å². The van der Waals surface area contributed by atoms with Gasteiger partial charge in [0.05, 0.1) is 11.1 Å². The summed E-state index contributed by atoms with van der Waals surface area (Å²) in [7, 11) is 0. The van der Waals surface area contributed by atoms with E-state index in [9.17, 15) is 14.0 Å². The molecule has 2 aromatic carbocycles. The summed E-state index contributed by atoms with van der Waals surface area (Å²) < 4.78 is 13.7. The maximum atomic E-state index is 13.7. The minimum Gasteiger partial charge on any atom is -0.478 e. The minimum atomic E-state index is -1.17. The van der Waals surface area contributed by atoms with Gasteiger partial charge in [-0.1, -0.05) is 12.1 Å². The van der Waals surface area contributed by atoms with Gasteiger partial charge < -0.3 is 10.2 Å². The second-order valence-corrected chi connectivity index (χ2v) is 3.89. The van der Waals surface area contributed by atoms with Crippen molar-refractivity contribution in [2.75, 3.05) is 0 Å². The number of aromatic carboxylic acids is 2. The molecule has 2 N–H and O–H groups in total. The molecule has 0 fully saturated rings. The Hall–Kier alpha value is -2.69. The molecule has 96 valence electrons. The van der Waals surface area contributed by atoms with Crippen molar-refractivity contribution in [3.63, 3.8) is 0 Å². The van der Waals surface area contributed by atoms with Gasteiger partial charge in [0.1, 0.15) is 5.82 Å². The predicted molar refractivity (Wildman–Crippen MR) is 65.8 cm³/mol. The Morgan fingerprint density at radius 2 is 1.53 bits per heavy atom. The van der Waals surface area contributed by atoms with Gasteiger partial charge in [-0.3, -0.25) is 0 Å².